The molecule has 0 aliphatic heterocycles. The number of hydrogen-bond donors (Lipinski definition) is 2. The van der Waals surface area contributed by atoms with E-state index in [0.29, 0.717) is 0 Å². The predicted molar refractivity (Wildman–Crippen MR) is 75.2 cm³/mol. The molecule has 11 heteroatoms. The number of halogens is 3. The lowest BCUT2D eigenvalue weighted by atomic mass is 10.1. The Morgan fingerprint density at radius 2 is 1.87 bits per heavy atom. The molecule has 2 aromatic heterocycles. The lowest BCUT2D eigenvalue weighted by molar-refractivity contribution is -0.138. The Balaban J connectivity index is 1.94. The maximum Gasteiger partial charge on any atom is 0.445 e. The molecule has 0 fully saturated rings. The minimum absolute atomic E-state index is 0.135. The minimum Gasteiger partial charge on any atom is -0.295 e. The van der Waals surface area contributed by atoms with Crippen molar-refractivity contribution in [2.24, 2.45) is 0 Å². The summed E-state index contributed by atoms with van der Waals surface area (Å²) in [7, 11) is 0. The zero-order chi connectivity index (χ0) is 16.6. The maximum atomic E-state index is 12.5. The molecule has 0 radical (unpaired) electrons. The monoisotopic (exact) mass is 341 g/mol. The number of aromatic amines is 1. The van der Waals surface area contributed by atoms with E-state index in [1.807, 2.05) is 0 Å². The van der Waals surface area contributed by atoms with E-state index in [9.17, 15) is 22.8 Å². The number of anilines is 1. The first-order chi connectivity index (χ1) is 10.9. The zero-order valence-corrected chi connectivity index (χ0v) is 11.8. The van der Waals surface area contributed by atoms with Crippen LogP contribution in [0.15, 0.2) is 29.1 Å². The van der Waals surface area contributed by atoms with Crippen LogP contribution in [0.4, 0.5) is 18.3 Å². The number of carbonyl (C=O) groups excluding carboxylic acids is 1. The number of rotatable bonds is 2. The van der Waals surface area contributed by atoms with Crippen molar-refractivity contribution in [3.8, 4) is 0 Å². The van der Waals surface area contributed by atoms with Gasteiger partial charge in [0, 0.05) is 5.39 Å². The third-order valence-electron chi connectivity index (χ3n) is 2.80. The van der Waals surface area contributed by atoms with Gasteiger partial charge in [0.15, 0.2) is 5.69 Å². The molecule has 0 saturated heterocycles. The highest BCUT2D eigenvalue weighted by Gasteiger charge is 2.35. The Morgan fingerprint density at radius 1 is 1.17 bits per heavy atom. The van der Waals surface area contributed by atoms with Gasteiger partial charge in [-0.1, -0.05) is 29.5 Å². The minimum atomic E-state index is -4.64. The van der Waals surface area contributed by atoms with Crippen LogP contribution >= 0.6 is 11.3 Å². The van der Waals surface area contributed by atoms with Crippen molar-refractivity contribution in [2.45, 2.75) is 6.18 Å². The molecule has 0 bridgehead atoms. The summed E-state index contributed by atoms with van der Waals surface area (Å²) in [6.45, 7) is 0. The molecule has 0 unspecified atom stereocenters. The number of carbonyl (C=O) groups is 1. The van der Waals surface area contributed by atoms with Crippen LogP contribution in [0.25, 0.3) is 10.8 Å². The van der Waals surface area contributed by atoms with Crippen LogP contribution in [0.5, 0.6) is 0 Å². The van der Waals surface area contributed by atoms with Gasteiger partial charge in [-0.05, 0) is 6.07 Å². The predicted octanol–water partition coefficient (Wildman–Crippen LogP) is 2.05. The molecule has 1 aromatic carbocycles. The number of alkyl halides is 3. The number of fused-ring (bicyclic) bond motifs is 1. The van der Waals surface area contributed by atoms with Gasteiger partial charge in [-0.2, -0.15) is 18.3 Å². The summed E-state index contributed by atoms with van der Waals surface area (Å²) in [6.07, 6.45) is -4.64. The fourth-order valence-electron chi connectivity index (χ4n) is 1.83. The number of amides is 1. The van der Waals surface area contributed by atoms with Gasteiger partial charge >= 0.3 is 6.18 Å². The number of benzene rings is 1. The molecule has 0 aliphatic carbocycles. The summed E-state index contributed by atoms with van der Waals surface area (Å²) in [5, 5.41) is 13.2. The Morgan fingerprint density at radius 3 is 2.52 bits per heavy atom. The Bertz CT molecular complexity index is 950. The number of hydrogen-bond acceptors (Lipinski definition) is 6. The van der Waals surface area contributed by atoms with Crippen molar-refractivity contribution in [1.82, 2.24) is 20.4 Å². The summed E-state index contributed by atoms with van der Waals surface area (Å²) in [5.41, 5.74) is -0.614. The first-order valence-corrected chi connectivity index (χ1v) is 6.87. The van der Waals surface area contributed by atoms with Gasteiger partial charge in [0.2, 0.25) is 10.1 Å². The van der Waals surface area contributed by atoms with Crippen LogP contribution in [0.1, 0.15) is 15.5 Å². The number of H-pyrrole nitrogens is 1. The van der Waals surface area contributed by atoms with Crippen molar-refractivity contribution in [1.29, 1.82) is 0 Å². The van der Waals surface area contributed by atoms with Crippen LogP contribution in [0, 0.1) is 0 Å². The van der Waals surface area contributed by atoms with E-state index >= 15 is 0 Å². The fourth-order valence-corrected chi connectivity index (χ4v) is 2.44. The largest absolute Gasteiger partial charge is 0.445 e. The van der Waals surface area contributed by atoms with Crippen LogP contribution < -0.4 is 10.9 Å². The summed E-state index contributed by atoms with van der Waals surface area (Å²) in [4.78, 5) is 23.8. The number of nitrogens with zero attached hydrogens (tertiary/aromatic N) is 3. The molecule has 1 amide bonds. The quantitative estimate of drug-likeness (QED) is 0.743. The summed E-state index contributed by atoms with van der Waals surface area (Å²) >= 11 is 0.192. The molecule has 118 valence electrons. The second-order valence-electron chi connectivity index (χ2n) is 4.31. The first-order valence-electron chi connectivity index (χ1n) is 6.06. The molecule has 7 nitrogen and oxygen atoms in total. The number of nitrogens with one attached hydrogen (secondary N) is 2. The van der Waals surface area contributed by atoms with Crippen LogP contribution in [0.2, 0.25) is 0 Å². The molecule has 3 aromatic rings. The number of aromatic nitrogens is 4. The van der Waals surface area contributed by atoms with Gasteiger partial charge in [0.1, 0.15) is 0 Å². The van der Waals surface area contributed by atoms with E-state index in [-0.39, 0.29) is 32.9 Å². The van der Waals surface area contributed by atoms with E-state index in [0.717, 1.165) is 0 Å². The van der Waals surface area contributed by atoms with Gasteiger partial charge in [0.25, 0.3) is 11.5 Å². The fraction of sp³-hybridized carbons (Fsp3) is 0.0833. The second-order valence-corrected chi connectivity index (χ2v) is 5.29. The molecule has 2 heterocycles. The van der Waals surface area contributed by atoms with E-state index in [4.69, 9.17) is 0 Å². The highest BCUT2D eigenvalue weighted by atomic mass is 32.1. The molecular formula is C12H6F3N5O2S. The van der Waals surface area contributed by atoms with Crippen LogP contribution in [-0.4, -0.2) is 26.3 Å². The molecule has 23 heavy (non-hydrogen) atoms. The van der Waals surface area contributed by atoms with Crippen molar-refractivity contribution in [2.75, 3.05) is 5.32 Å². The molecule has 0 atom stereocenters. The Labute approximate surface area is 129 Å². The van der Waals surface area contributed by atoms with Crippen LogP contribution in [-0.2, 0) is 6.18 Å². The first kappa shape index (κ1) is 15.1. The van der Waals surface area contributed by atoms with E-state index in [1.165, 1.54) is 12.1 Å². The van der Waals surface area contributed by atoms with Crippen molar-refractivity contribution in [3.05, 3.63) is 45.3 Å². The third kappa shape index (κ3) is 2.90. The van der Waals surface area contributed by atoms with E-state index in [1.54, 1.807) is 12.1 Å². The van der Waals surface area contributed by atoms with Gasteiger partial charge in [0.05, 0.1) is 5.39 Å². The lowest BCUT2D eigenvalue weighted by Crippen LogP contribution is -2.19. The topological polar surface area (TPSA) is 101 Å². The second kappa shape index (κ2) is 5.43. The molecule has 2 N–H and O–H groups in total. The van der Waals surface area contributed by atoms with Gasteiger partial charge in [-0.3, -0.25) is 14.9 Å². The summed E-state index contributed by atoms with van der Waals surface area (Å²) < 4.78 is 37.4. The van der Waals surface area contributed by atoms with Crippen molar-refractivity contribution < 1.29 is 18.0 Å². The molecule has 0 spiro atoms. The standard InChI is InChI=1S/C12H6F3N5O2S/c13-12(14,15)10-19-20-11(23-10)16-9(22)7-5-3-1-2-4-6(5)8(21)18-17-7/h1-4H,(H,18,21)(H,16,20,22). The Hall–Kier alpha value is -2.82. The molecule has 0 saturated carbocycles. The van der Waals surface area contributed by atoms with E-state index < -0.39 is 22.7 Å². The normalized spacial score (nSPS) is 11.6. The SMILES string of the molecule is O=C(Nc1nnc(C(F)(F)F)s1)c1n[nH]c(=O)c2ccccc12. The average Bonchev–Trinajstić information content (AvgIpc) is 2.96. The van der Waals surface area contributed by atoms with Crippen molar-refractivity contribution in [3.63, 3.8) is 0 Å². The van der Waals surface area contributed by atoms with Crippen LogP contribution in [0.3, 0.4) is 0 Å². The molecule has 3 rings (SSSR count). The third-order valence-corrected chi connectivity index (χ3v) is 3.68. The van der Waals surface area contributed by atoms with Gasteiger partial charge in [-0.25, -0.2) is 5.10 Å². The van der Waals surface area contributed by atoms with E-state index in [2.05, 4.69) is 25.7 Å². The summed E-state index contributed by atoms with van der Waals surface area (Å²) in [6, 6.07) is 6.22. The van der Waals surface area contributed by atoms with Crippen molar-refractivity contribution >= 4 is 33.1 Å². The molecule has 0 aliphatic rings. The lowest BCUT2D eigenvalue weighted by Gasteiger charge is -2.03. The highest BCUT2D eigenvalue weighted by molar-refractivity contribution is 7.15. The van der Waals surface area contributed by atoms with Gasteiger partial charge < -0.3 is 0 Å². The highest BCUT2D eigenvalue weighted by Crippen LogP contribution is 2.33. The summed E-state index contributed by atoms with van der Waals surface area (Å²) in [5.74, 6) is -0.803. The van der Waals surface area contributed by atoms with Gasteiger partial charge in [-0.15, -0.1) is 10.2 Å². The average molecular weight is 341 g/mol. The molecular weight excluding hydrogens is 335 g/mol. The zero-order valence-electron chi connectivity index (χ0n) is 11.0. The Kier molecular flexibility index (Phi) is 3.56. The maximum absolute atomic E-state index is 12.5. The smallest absolute Gasteiger partial charge is 0.295 e.